The van der Waals surface area contributed by atoms with Crippen LogP contribution in [0.15, 0.2) is 4.34 Å². The molecule has 2 heterocycles. The molecule has 1 saturated heterocycles. The van der Waals surface area contributed by atoms with E-state index in [1.807, 2.05) is 0 Å². The van der Waals surface area contributed by atoms with Gasteiger partial charge in [0.2, 0.25) is 16.9 Å². The molecule has 1 aromatic heterocycles. The minimum atomic E-state index is -0.863. The fourth-order valence-electron chi connectivity index (χ4n) is 3.57. The summed E-state index contributed by atoms with van der Waals surface area (Å²) in [5.74, 6) is -0.782. The van der Waals surface area contributed by atoms with Crippen molar-refractivity contribution in [1.82, 2.24) is 20.4 Å². The van der Waals surface area contributed by atoms with Gasteiger partial charge < -0.3 is 10.2 Å². The Balaban J connectivity index is 1.62. The lowest BCUT2D eigenvalue weighted by Crippen LogP contribution is -2.69. The lowest BCUT2D eigenvalue weighted by Gasteiger charge is -2.47. The van der Waals surface area contributed by atoms with Gasteiger partial charge in [-0.15, -0.1) is 10.2 Å². The van der Waals surface area contributed by atoms with Crippen LogP contribution >= 0.6 is 23.1 Å². The monoisotopic (exact) mass is 411 g/mol. The lowest BCUT2D eigenvalue weighted by atomic mass is 9.78. The van der Waals surface area contributed by atoms with Gasteiger partial charge in [0.05, 0.1) is 5.75 Å². The molecule has 1 aromatic rings. The number of amides is 3. The third-order valence-electron chi connectivity index (χ3n) is 5.01. The van der Waals surface area contributed by atoms with Gasteiger partial charge in [-0.25, -0.2) is 0 Å². The first-order valence-corrected chi connectivity index (χ1v) is 11.2. The number of piperazine rings is 1. The number of carbonyl (C=O) groups is 3. The Kier molecular flexibility index (Phi) is 6.69. The van der Waals surface area contributed by atoms with Gasteiger partial charge in [-0.2, -0.15) is 0 Å². The highest BCUT2D eigenvalue weighted by Gasteiger charge is 2.50. The Labute approximate surface area is 166 Å². The van der Waals surface area contributed by atoms with E-state index in [1.165, 1.54) is 28.0 Å². The molecule has 8 nitrogen and oxygen atoms in total. The van der Waals surface area contributed by atoms with E-state index in [0.29, 0.717) is 17.2 Å². The molecule has 2 N–H and O–H groups in total. The van der Waals surface area contributed by atoms with Crippen LogP contribution in [0.5, 0.6) is 0 Å². The standard InChI is InChI=1S/C17H25N5O3S2/c1-2-3-9-18-15-20-21-16(27-15)26-11-13(24)22-10-12(23)19-14(25)17(22)7-5-4-6-8-17/h2-11H2,1H3,(H,18,20)(H,19,23,25). The second-order valence-electron chi connectivity index (χ2n) is 6.89. The Morgan fingerprint density at radius 3 is 2.81 bits per heavy atom. The van der Waals surface area contributed by atoms with Crippen molar-refractivity contribution in [3.05, 3.63) is 0 Å². The molecular formula is C17H25N5O3S2. The summed E-state index contributed by atoms with van der Waals surface area (Å²) in [5.41, 5.74) is -0.863. The predicted molar refractivity (Wildman–Crippen MR) is 105 cm³/mol. The molecule has 2 fully saturated rings. The number of nitrogens with zero attached hydrogens (tertiary/aromatic N) is 3. The quantitative estimate of drug-likeness (QED) is 0.402. The molecule has 3 amide bonds. The zero-order valence-electron chi connectivity index (χ0n) is 15.5. The lowest BCUT2D eigenvalue weighted by molar-refractivity contribution is -0.158. The van der Waals surface area contributed by atoms with Crippen LogP contribution < -0.4 is 10.6 Å². The minimum absolute atomic E-state index is 0.0505. The summed E-state index contributed by atoms with van der Waals surface area (Å²) in [6, 6.07) is 0. The number of aromatic nitrogens is 2. The van der Waals surface area contributed by atoms with Crippen molar-refractivity contribution in [2.75, 3.05) is 24.2 Å². The van der Waals surface area contributed by atoms with Crippen molar-refractivity contribution in [3.8, 4) is 0 Å². The predicted octanol–water partition coefficient (Wildman–Crippen LogP) is 2.03. The molecule has 0 unspecified atom stereocenters. The highest BCUT2D eigenvalue weighted by molar-refractivity contribution is 8.01. The summed E-state index contributed by atoms with van der Waals surface area (Å²) < 4.78 is 0.702. The Morgan fingerprint density at radius 2 is 2.07 bits per heavy atom. The van der Waals surface area contributed by atoms with Gasteiger partial charge in [-0.1, -0.05) is 55.7 Å². The molecule has 3 rings (SSSR count). The van der Waals surface area contributed by atoms with Crippen LogP contribution in [0.4, 0.5) is 5.13 Å². The van der Waals surface area contributed by atoms with Crippen LogP contribution in [-0.4, -0.2) is 57.2 Å². The fraction of sp³-hybridized carbons (Fsp3) is 0.706. The van der Waals surface area contributed by atoms with E-state index in [2.05, 4.69) is 27.8 Å². The Morgan fingerprint density at radius 1 is 1.30 bits per heavy atom. The minimum Gasteiger partial charge on any atom is -0.360 e. The van der Waals surface area contributed by atoms with E-state index in [-0.39, 0.29) is 24.1 Å². The first kappa shape index (κ1) is 20.1. The number of hydrogen-bond donors (Lipinski definition) is 2. The molecule has 1 aliphatic heterocycles. The van der Waals surface area contributed by atoms with Crippen molar-refractivity contribution in [2.24, 2.45) is 0 Å². The number of carbonyl (C=O) groups excluding carboxylic acids is 3. The molecule has 1 saturated carbocycles. The number of hydrogen-bond acceptors (Lipinski definition) is 8. The molecule has 148 valence electrons. The summed E-state index contributed by atoms with van der Waals surface area (Å²) in [6.07, 6.45) is 6.24. The van der Waals surface area contributed by atoms with E-state index in [1.54, 1.807) is 0 Å². The van der Waals surface area contributed by atoms with Gasteiger partial charge in [0, 0.05) is 6.54 Å². The van der Waals surface area contributed by atoms with Gasteiger partial charge in [-0.05, 0) is 19.3 Å². The molecule has 0 radical (unpaired) electrons. The molecule has 1 spiro atoms. The second-order valence-corrected chi connectivity index (χ2v) is 9.09. The van der Waals surface area contributed by atoms with Crippen LogP contribution in [0.2, 0.25) is 0 Å². The molecule has 1 aliphatic carbocycles. The van der Waals surface area contributed by atoms with Crippen LogP contribution in [0.25, 0.3) is 0 Å². The average Bonchev–Trinajstić information content (AvgIpc) is 3.12. The smallest absolute Gasteiger partial charge is 0.252 e. The largest absolute Gasteiger partial charge is 0.360 e. The van der Waals surface area contributed by atoms with E-state index < -0.39 is 11.4 Å². The summed E-state index contributed by atoms with van der Waals surface area (Å²) in [7, 11) is 0. The van der Waals surface area contributed by atoms with Gasteiger partial charge >= 0.3 is 0 Å². The summed E-state index contributed by atoms with van der Waals surface area (Å²) in [5, 5.41) is 14.6. The van der Waals surface area contributed by atoms with Crippen molar-refractivity contribution in [1.29, 1.82) is 0 Å². The number of rotatable bonds is 7. The first-order chi connectivity index (χ1) is 13.0. The number of anilines is 1. The van der Waals surface area contributed by atoms with Gasteiger partial charge in [0.25, 0.3) is 5.91 Å². The van der Waals surface area contributed by atoms with E-state index >= 15 is 0 Å². The molecule has 2 aliphatic rings. The SMILES string of the molecule is CCCCNc1nnc(SCC(=O)N2CC(=O)NC(=O)C23CCCCC3)s1. The van der Waals surface area contributed by atoms with Gasteiger partial charge in [0.1, 0.15) is 12.1 Å². The summed E-state index contributed by atoms with van der Waals surface area (Å²) in [4.78, 5) is 38.8. The maximum atomic E-state index is 12.9. The number of imide groups is 1. The summed E-state index contributed by atoms with van der Waals surface area (Å²) >= 11 is 2.72. The average molecular weight is 412 g/mol. The third kappa shape index (κ3) is 4.60. The van der Waals surface area contributed by atoms with Crippen LogP contribution in [0, 0.1) is 0 Å². The van der Waals surface area contributed by atoms with Crippen molar-refractivity contribution in [3.63, 3.8) is 0 Å². The van der Waals surface area contributed by atoms with Crippen LogP contribution in [-0.2, 0) is 14.4 Å². The molecule has 10 heteroatoms. The second kappa shape index (κ2) is 9.01. The Hall–Kier alpha value is -1.68. The number of unbranched alkanes of at least 4 members (excludes halogenated alkanes) is 1. The third-order valence-corrected chi connectivity index (χ3v) is 7.01. The normalized spacial score (nSPS) is 19.2. The number of thioether (sulfide) groups is 1. The van der Waals surface area contributed by atoms with Crippen molar-refractivity contribution in [2.45, 2.75) is 61.7 Å². The molecule has 0 aromatic carbocycles. The maximum Gasteiger partial charge on any atom is 0.252 e. The molecule has 0 bridgehead atoms. The van der Waals surface area contributed by atoms with E-state index in [0.717, 1.165) is 43.8 Å². The summed E-state index contributed by atoms with van der Waals surface area (Å²) in [6.45, 7) is 2.92. The zero-order valence-corrected chi connectivity index (χ0v) is 17.1. The molecule has 27 heavy (non-hydrogen) atoms. The highest BCUT2D eigenvalue weighted by Crippen LogP contribution is 2.36. The van der Waals surface area contributed by atoms with Gasteiger partial charge in [0.15, 0.2) is 4.34 Å². The number of nitrogens with one attached hydrogen (secondary N) is 2. The Bertz CT molecular complexity index is 702. The van der Waals surface area contributed by atoms with E-state index in [9.17, 15) is 14.4 Å². The molecular weight excluding hydrogens is 386 g/mol. The maximum absolute atomic E-state index is 12.9. The molecule has 0 atom stereocenters. The zero-order chi connectivity index (χ0) is 19.3. The fourth-order valence-corrected chi connectivity index (χ4v) is 5.23. The van der Waals surface area contributed by atoms with Crippen molar-refractivity contribution < 1.29 is 14.4 Å². The van der Waals surface area contributed by atoms with Crippen LogP contribution in [0.1, 0.15) is 51.9 Å². The first-order valence-electron chi connectivity index (χ1n) is 9.40. The van der Waals surface area contributed by atoms with Gasteiger partial charge in [-0.3, -0.25) is 19.7 Å². The van der Waals surface area contributed by atoms with Crippen LogP contribution in [0.3, 0.4) is 0 Å². The van der Waals surface area contributed by atoms with Crippen molar-refractivity contribution >= 4 is 46.0 Å². The highest BCUT2D eigenvalue weighted by atomic mass is 32.2. The van der Waals surface area contributed by atoms with E-state index in [4.69, 9.17) is 0 Å². The topological polar surface area (TPSA) is 104 Å².